The molecule has 0 aromatic carbocycles. The van der Waals surface area contributed by atoms with Crippen molar-refractivity contribution >= 4 is 17.2 Å². The number of amides is 1. The molecule has 100 valence electrons. The molecule has 1 amide bonds. The number of hydrogen-bond donors (Lipinski definition) is 2. The minimum atomic E-state index is -0.384. The maximum absolute atomic E-state index is 11.9. The Bertz CT molecular complexity index is 812. The highest BCUT2D eigenvalue weighted by atomic mass is 32.1. The summed E-state index contributed by atoms with van der Waals surface area (Å²) in [5.74, 6) is 4.87. The summed E-state index contributed by atoms with van der Waals surface area (Å²) in [5.41, 5.74) is 5.30. The first kappa shape index (κ1) is 11.4. The van der Waals surface area contributed by atoms with E-state index in [0.29, 0.717) is 5.69 Å². The van der Waals surface area contributed by atoms with Gasteiger partial charge in [-0.05, 0) is 23.6 Å². The number of fused-ring (bicyclic) bond motifs is 5. The minimum Gasteiger partial charge on any atom is -0.341 e. The number of imidazole rings is 1. The Hall–Kier alpha value is -2.38. The van der Waals surface area contributed by atoms with Gasteiger partial charge in [0.25, 0.3) is 5.91 Å². The standard InChI is InChI=1S/C13H11N5OS/c14-16-13(19)11-12-9-2-1-4-17(9)6-10-8(3-5-20-10)18(12)7-15-11/h1-5,7H,6,14H2,(H,16,19). The monoisotopic (exact) mass is 285 g/mol. The van der Waals surface area contributed by atoms with Crippen molar-refractivity contribution in [2.24, 2.45) is 5.84 Å². The average molecular weight is 285 g/mol. The molecule has 20 heavy (non-hydrogen) atoms. The molecule has 0 saturated heterocycles. The predicted molar refractivity (Wildman–Crippen MR) is 75.6 cm³/mol. The number of hydrogen-bond acceptors (Lipinski definition) is 4. The summed E-state index contributed by atoms with van der Waals surface area (Å²) in [6, 6.07) is 5.99. The summed E-state index contributed by atoms with van der Waals surface area (Å²) >= 11 is 1.70. The van der Waals surface area contributed by atoms with E-state index in [1.54, 1.807) is 17.7 Å². The first-order valence-corrected chi connectivity index (χ1v) is 6.98. The highest BCUT2D eigenvalue weighted by Crippen LogP contribution is 2.34. The maximum Gasteiger partial charge on any atom is 0.286 e. The van der Waals surface area contributed by atoms with Gasteiger partial charge in [-0.2, -0.15) is 0 Å². The number of nitrogens with two attached hydrogens (primary N) is 1. The first-order chi connectivity index (χ1) is 9.79. The van der Waals surface area contributed by atoms with Crippen LogP contribution in [-0.2, 0) is 6.54 Å². The van der Waals surface area contributed by atoms with E-state index in [2.05, 4.69) is 15.0 Å². The molecule has 0 spiro atoms. The van der Waals surface area contributed by atoms with E-state index in [-0.39, 0.29) is 5.91 Å². The van der Waals surface area contributed by atoms with Crippen molar-refractivity contribution in [2.45, 2.75) is 6.54 Å². The quantitative estimate of drug-likeness (QED) is 0.315. The number of carbonyl (C=O) groups excluding carboxylic acids is 1. The van der Waals surface area contributed by atoms with Gasteiger partial charge in [-0.3, -0.25) is 14.8 Å². The van der Waals surface area contributed by atoms with Crippen molar-refractivity contribution in [1.82, 2.24) is 19.5 Å². The van der Waals surface area contributed by atoms with Crippen molar-refractivity contribution in [1.29, 1.82) is 0 Å². The summed E-state index contributed by atoms with van der Waals surface area (Å²) in [6.45, 7) is 0.792. The minimum absolute atomic E-state index is 0.339. The highest BCUT2D eigenvalue weighted by Gasteiger charge is 2.26. The lowest BCUT2D eigenvalue weighted by Crippen LogP contribution is -2.30. The van der Waals surface area contributed by atoms with Crippen LogP contribution in [-0.4, -0.2) is 20.0 Å². The fourth-order valence-electron chi connectivity index (χ4n) is 2.60. The fraction of sp³-hybridized carbons (Fsp3) is 0.0769. The Labute approximate surface area is 118 Å². The summed E-state index contributed by atoms with van der Waals surface area (Å²) in [6.07, 6.45) is 3.68. The van der Waals surface area contributed by atoms with Crippen LogP contribution in [0.4, 0.5) is 0 Å². The van der Waals surface area contributed by atoms with Crippen LogP contribution in [0.1, 0.15) is 15.4 Å². The number of rotatable bonds is 1. The highest BCUT2D eigenvalue weighted by molar-refractivity contribution is 7.10. The van der Waals surface area contributed by atoms with Gasteiger partial charge in [-0.25, -0.2) is 10.8 Å². The van der Waals surface area contributed by atoms with Crippen LogP contribution in [0.25, 0.3) is 17.1 Å². The van der Waals surface area contributed by atoms with Gasteiger partial charge in [0.05, 0.1) is 17.9 Å². The van der Waals surface area contributed by atoms with E-state index >= 15 is 0 Å². The van der Waals surface area contributed by atoms with Gasteiger partial charge in [0.1, 0.15) is 12.0 Å². The molecule has 0 saturated carbocycles. The molecular formula is C13H11N5OS. The molecule has 0 radical (unpaired) electrons. The third kappa shape index (κ3) is 1.41. The Morgan fingerprint density at radius 3 is 3.20 bits per heavy atom. The van der Waals surface area contributed by atoms with Crippen LogP contribution >= 0.6 is 11.3 Å². The van der Waals surface area contributed by atoms with E-state index < -0.39 is 0 Å². The number of nitrogens with one attached hydrogen (secondary N) is 1. The molecule has 4 heterocycles. The summed E-state index contributed by atoms with van der Waals surface area (Å²) < 4.78 is 4.07. The molecule has 0 fully saturated rings. The zero-order valence-corrected chi connectivity index (χ0v) is 11.2. The second-order valence-electron chi connectivity index (χ2n) is 4.54. The molecule has 0 atom stereocenters. The second-order valence-corrected chi connectivity index (χ2v) is 5.54. The number of thiophene rings is 1. The Balaban J connectivity index is 2.07. The van der Waals surface area contributed by atoms with Crippen molar-refractivity contribution in [3.8, 4) is 17.1 Å². The lowest BCUT2D eigenvalue weighted by atomic mass is 10.2. The van der Waals surface area contributed by atoms with Crippen LogP contribution in [0.2, 0.25) is 0 Å². The normalized spacial score (nSPS) is 12.2. The number of hydrazine groups is 1. The zero-order chi connectivity index (χ0) is 13.7. The summed E-state index contributed by atoms with van der Waals surface area (Å²) in [7, 11) is 0. The first-order valence-electron chi connectivity index (χ1n) is 6.10. The largest absolute Gasteiger partial charge is 0.341 e. The maximum atomic E-state index is 11.9. The molecule has 3 aromatic rings. The van der Waals surface area contributed by atoms with Gasteiger partial charge in [0.15, 0.2) is 5.69 Å². The lowest BCUT2D eigenvalue weighted by Gasteiger charge is -2.07. The number of nitrogen functional groups attached to an aromatic ring is 1. The van der Waals surface area contributed by atoms with Crippen molar-refractivity contribution in [2.75, 3.05) is 0 Å². The molecule has 3 aromatic heterocycles. The van der Waals surface area contributed by atoms with Gasteiger partial charge < -0.3 is 4.57 Å². The molecule has 0 aliphatic carbocycles. The summed E-state index contributed by atoms with van der Waals surface area (Å²) in [4.78, 5) is 17.4. The second kappa shape index (κ2) is 4.06. The van der Waals surface area contributed by atoms with Crippen LogP contribution in [0, 0.1) is 0 Å². The number of carbonyl (C=O) groups is 1. The van der Waals surface area contributed by atoms with Crippen molar-refractivity contribution in [3.63, 3.8) is 0 Å². The van der Waals surface area contributed by atoms with Crippen molar-refractivity contribution < 1.29 is 4.79 Å². The van der Waals surface area contributed by atoms with Crippen molar-refractivity contribution in [3.05, 3.63) is 46.7 Å². The molecule has 3 N–H and O–H groups in total. The van der Waals surface area contributed by atoms with Gasteiger partial charge in [-0.1, -0.05) is 0 Å². The van der Waals surface area contributed by atoms with Crippen LogP contribution in [0.15, 0.2) is 36.1 Å². The topological polar surface area (TPSA) is 77.9 Å². The van der Waals surface area contributed by atoms with Crippen LogP contribution in [0.3, 0.4) is 0 Å². The Morgan fingerprint density at radius 1 is 1.45 bits per heavy atom. The molecule has 0 unspecified atom stereocenters. The molecule has 1 aliphatic rings. The Morgan fingerprint density at radius 2 is 2.35 bits per heavy atom. The van der Waals surface area contributed by atoms with E-state index in [1.807, 2.05) is 34.3 Å². The molecule has 6 nitrogen and oxygen atoms in total. The zero-order valence-electron chi connectivity index (χ0n) is 10.4. The predicted octanol–water partition coefficient (Wildman–Crippen LogP) is 1.37. The van der Waals surface area contributed by atoms with Gasteiger partial charge in [0, 0.05) is 11.1 Å². The van der Waals surface area contributed by atoms with Gasteiger partial charge in [-0.15, -0.1) is 11.3 Å². The fourth-order valence-corrected chi connectivity index (χ4v) is 3.46. The van der Waals surface area contributed by atoms with Gasteiger partial charge >= 0.3 is 0 Å². The molecule has 0 bridgehead atoms. The average Bonchev–Trinajstić information content (AvgIpc) is 3.15. The van der Waals surface area contributed by atoms with E-state index in [0.717, 1.165) is 23.6 Å². The molecule has 1 aliphatic heterocycles. The SMILES string of the molecule is NNC(=O)c1ncn2c1-c1cccn1Cc1sccc1-2. The van der Waals surface area contributed by atoms with Crippen LogP contribution < -0.4 is 11.3 Å². The van der Waals surface area contributed by atoms with E-state index in [1.165, 1.54) is 4.88 Å². The third-order valence-electron chi connectivity index (χ3n) is 3.48. The molecule has 4 rings (SSSR count). The molecule has 7 heteroatoms. The lowest BCUT2D eigenvalue weighted by molar-refractivity contribution is 0.0950. The number of aromatic nitrogens is 3. The third-order valence-corrected chi connectivity index (χ3v) is 4.38. The Kier molecular flexibility index (Phi) is 2.32. The smallest absolute Gasteiger partial charge is 0.286 e. The summed E-state index contributed by atoms with van der Waals surface area (Å²) in [5, 5.41) is 2.05. The van der Waals surface area contributed by atoms with Gasteiger partial charge in [0.2, 0.25) is 0 Å². The van der Waals surface area contributed by atoms with E-state index in [4.69, 9.17) is 5.84 Å². The van der Waals surface area contributed by atoms with E-state index in [9.17, 15) is 4.79 Å². The number of nitrogens with zero attached hydrogens (tertiary/aromatic N) is 3. The molecular weight excluding hydrogens is 274 g/mol. The van der Waals surface area contributed by atoms with Crippen LogP contribution in [0.5, 0.6) is 0 Å².